The zero-order valence-electron chi connectivity index (χ0n) is 15.4. The van der Waals surface area contributed by atoms with E-state index in [0.29, 0.717) is 12.8 Å². The van der Waals surface area contributed by atoms with Gasteiger partial charge in [-0.15, -0.1) is 0 Å². The van der Waals surface area contributed by atoms with Gasteiger partial charge in [0.2, 0.25) is 5.91 Å². The molecule has 4 rings (SSSR count). The van der Waals surface area contributed by atoms with Gasteiger partial charge in [-0.25, -0.2) is 4.68 Å². The predicted molar refractivity (Wildman–Crippen MR) is 99.4 cm³/mol. The van der Waals surface area contributed by atoms with E-state index in [0.717, 1.165) is 31.0 Å². The van der Waals surface area contributed by atoms with Crippen LogP contribution in [0.25, 0.3) is 5.69 Å². The minimum absolute atomic E-state index is 0.0955. The number of aryl methyl sites for hydroxylation is 1. The Morgan fingerprint density at radius 3 is 2.67 bits per heavy atom. The first-order chi connectivity index (χ1) is 13.0. The molecule has 142 valence electrons. The molecule has 0 radical (unpaired) electrons. The summed E-state index contributed by atoms with van der Waals surface area (Å²) in [4.78, 5) is 25.7. The van der Waals surface area contributed by atoms with Crippen molar-refractivity contribution in [2.45, 2.75) is 38.3 Å². The number of carbonyl (C=O) groups is 2. The lowest BCUT2D eigenvalue weighted by Crippen LogP contribution is -2.55. The standard InChI is InChI=1S/C20H24N4O3/c1-14-15(13-24(22-14)16-5-3-2-4-6-16)12-23-9-7-20(8-10-23)17(19(26)27)11-18(25)21-20/h2-6,13,17H,7-12H2,1H3,(H,21,25)(H,26,27). The van der Waals surface area contributed by atoms with Crippen LogP contribution in [0, 0.1) is 12.8 Å². The van der Waals surface area contributed by atoms with Crippen LogP contribution in [0.1, 0.15) is 30.5 Å². The first-order valence-corrected chi connectivity index (χ1v) is 9.34. The molecule has 1 atom stereocenters. The van der Waals surface area contributed by atoms with E-state index in [4.69, 9.17) is 0 Å². The van der Waals surface area contributed by atoms with Gasteiger partial charge in [0.1, 0.15) is 0 Å². The van der Waals surface area contributed by atoms with Crippen molar-refractivity contribution in [3.05, 3.63) is 47.8 Å². The number of rotatable bonds is 4. The average molecular weight is 368 g/mol. The molecule has 2 aliphatic heterocycles. The normalized spacial score (nSPS) is 22.1. The van der Waals surface area contributed by atoms with Gasteiger partial charge in [0.15, 0.2) is 0 Å². The molecule has 2 saturated heterocycles. The Kier molecular flexibility index (Phi) is 4.47. The van der Waals surface area contributed by atoms with Crippen molar-refractivity contribution in [2.24, 2.45) is 5.92 Å². The maximum absolute atomic E-state index is 11.8. The van der Waals surface area contributed by atoms with Gasteiger partial charge >= 0.3 is 5.97 Å². The highest BCUT2D eigenvalue weighted by atomic mass is 16.4. The van der Waals surface area contributed by atoms with Crippen LogP contribution < -0.4 is 5.32 Å². The third-order valence-electron chi connectivity index (χ3n) is 5.91. The minimum atomic E-state index is -0.873. The monoisotopic (exact) mass is 368 g/mol. The number of para-hydroxylation sites is 1. The number of hydrogen-bond donors (Lipinski definition) is 2. The molecular formula is C20H24N4O3. The summed E-state index contributed by atoms with van der Waals surface area (Å²) in [7, 11) is 0. The van der Waals surface area contributed by atoms with Gasteiger partial charge in [-0.1, -0.05) is 18.2 Å². The lowest BCUT2D eigenvalue weighted by atomic mass is 9.77. The molecule has 7 heteroatoms. The fourth-order valence-electron chi connectivity index (χ4n) is 4.31. The average Bonchev–Trinajstić information content (AvgIpc) is 3.18. The third kappa shape index (κ3) is 3.35. The number of benzene rings is 1. The maximum atomic E-state index is 11.8. The van der Waals surface area contributed by atoms with E-state index < -0.39 is 17.4 Å². The number of aliphatic carboxylic acids is 1. The molecular weight excluding hydrogens is 344 g/mol. The number of carboxylic acids is 1. The van der Waals surface area contributed by atoms with E-state index >= 15 is 0 Å². The summed E-state index contributed by atoms with van der Waals surface area (Å²) < 4.78 is 1.90. The van der Waals surface area contributed by atoms with Crippen LogP contribution in [0.3, 0.4) is 0 Å². The quantitative estimate of drug-likeness (QED) is 0.858. The Bertz CT molecular complexity index is 853. The number of nitrogens with one attached hydrogen (secondary N) is 1. The Morgan fingerprint density at radius 2 is 2.00 bits per heavy atom. The minimum Gasteiger partial charge on any atom is -0.481 e. The number of hydrogen-bond acceptors (Lipinski definition) is 4. The SMILES string of the molecule is Cc1nn(-c2ccccc2)cc1CN1CCC2(CC1)NC(=O)CC2C(=O)O. The number of amides is 1. The Morgan fingerprint density at radius 1 is 1.30 bits per heavy atom. The summed E-state index contributed by atoms with van der Waals surface area (Å²) in [6.45, 7) is 4.32. The first-order valence-electron chi connectivity index (χ1n) is 9.34. The van der Waals surface area contributed by atoms with Crippen molar-refractivity contribution in [1.82, 2.24) is 20.0 Å². The van der Waals surface area contributed by atoms with Crippen LogP contribution >= 0.6 is 0 Å². The number of carboxylic acid groups (broad SMARTS) is 1. The zero-order chi connectivity index (χ0) is 19.0. The number of nitrogens with zero attached hydrogens (tertiary/aromatic N) is 3. The second-order valence-corrected chi connectivity index (χ2v) is 7.60. The Hall–Kier alpha value is -2.67. The van der Waals surface area contributed by atoms with Gasteiger partial charge in [0.25, 0.3) is 0 Å². The van der Waals surface area contributed by atoms with Gasteiger partial charge in [0.05, 0.1) is 22.8 Å². The number of likely N-dealkylation sites (tertiary alicyclic amines) is 1. The summed E-state index contributed by atoms with van der Waals surface area (Å²) in [5, 5.41) is 17.1. The molecule has 2 N–H and O–H groups in total. The molecule has 3 heterocycles. The third-order valence-corrected chi connectivity index (χ3v) is 5.91. The topological polar surface area (TPSA) is 87.5 Å². The molecule has 27 heavy (non-hydrogen) atoms. The Balaban J connectivity index is 1.44. The molecule has 1 spiro atoms. The molecule has 7 nitrogen and oxygen atoms in total. The summed E-state index contributed by atoms with van der Waals surface area (Å²) in [6.07, 6.45) is 3.49. The molecule has 0 bridgehead atoms. The first kappa shape index (κ1) is 17.7. The second kappa shape index (κ2) is 6.81. The molecule has 2 aliphatic rings. The van der Waals surface area contributed by atoms with Gasteiger partial charge in [-0.3, -0.25) is 14.5 Å². The van der Waals surface area contributed by atoms with Crippen LogP contribution in [-0.4, -0.2) is 50.3 Å². The van der Waals surface area contributed by atoms with Crippen molar-refractivity contribution < 1.29 is 14.7 Å². The highest BCUT2D eigenvalue weighted by Gasteiger charge is 2.51. The fraction of sp³-hybridized carbons (Fsp3) is 0.450. The lowest BCUT2D eigenvalue weighted by molar-refractivity contribution is -0.144. The summed E-state index contributed by atoms with van der Waals surface area (Å²) in [5.41, 5.74) is 2.61. The number of aromatic nitrogens is 2. The van der Waals surface area contributed by atoms with E-state index in [1.807, 2.05) is 41.9 Å². The number of piperidine rings is 1. The van der Waals surface area contributed by atoms with Crippen molar-refractivity contribution in [2.75, 3.05) is 13.1 Å². The summed E-state index contributed by atoms with van der Waals surface area (Å²) in [5.74, 6) is -1.63. The van der Waals surface area contributed by atoms with Crippen molar-refractivity contribution in [3.8, 4) is 5.69 Å². The molecule has 0 aliphatic carbocycles. The van der Waals surface area contributed by atoms with Gasteiger partial charge in [0, 0.05) is 37.8 Å². The lowest BCUT2D eigenvalue weighted by Gasteiger charge is -2.41. The van der Waals surface area contributed by atoms with Crippen LogP contribution in [0.5, 0.6) is 0 Å². The summed E-state index contributed by atoms with van der Waals surface area (Å²) in [6, 6.07) is 10.0. The van der Waals surface area contributed by atoms with Crippen molar-refractivity contribution in [1.29, 1.82) is 0 Å². The van der Waals surface area contributed by atoms with Crippen LogP contribution in [0.4, 0.5) is 0 Å². The van der Waals surface area contributed by atoms with Crippen molar-refractivity contribution in [3.63, 3.8) is 0 Å². The molecule has 0 saturated carbocycles. The van der Waals surface area contributed by atoms with Crippen LogP contribution in [-0.2, 0) is 16.1 Å². The Labute approximate surface area is 158 Å². The van der Waals surface area contributed by atoms with Gasteiger partial charge < -0.3 is 10.4 Å². The highest BCUT2D eigenvalue weighted by Crippen LogP contribution is 2.37. The molecule has 1 aromatic heterocycles. The number of carbonyl (C=O) groups excluding carboxylic acids is 1. The molecule has 2 aromatic rings. The van der Waals surface area contributed by atoms with E-state index in [2.05, 4.69) is 21.5 Å². The molecule has 1 amide bonds. The van der Waals surface area contributed by atoms with E-state index in [9.17, 15) is 14.7 Å². The largest absolute Gasteiger partial charge is 0.481 e. The van der Waals surface area contributed by atoms with Gasteiger partial charge in [-0.2, -0.15) is 5.10 Å². The van der Waals surface area contributed by atoms with Crippen molar-refractivity contribution >= 4 is 11.9 Å². The maximum Gasteiger partial charge on any atom is 0.309 e. The molecule has 1 aromatic carbocycles. The molecule has 2 fully saturated rings. The summed E-state index contributed by atoms with van der Waals surface area (Å²) >= 11 is 0. The fourth-order valence-corrected chi connectivity index (χ4v) is 4.31. The van der Waals surface area contributed by atoms with Crippen LogP contribution in [0.15, 0.2) is 36.5 Å². The van der Waals surface area contributed by atoms with E-state index in [-0.39, 0.29) is 12.3 Å². The van der Waals surface area contributed by atoms with E-state index in [1.165, 1.54) is 5.56 Å². The van der Waals surface area contributed by atoms with Gasteiger partial charge in [-0.05, 0) is 31.9 Å². The smallest absolute Gasteiger partial charge is 0.309 e. The second-order valence-electron chi connectivity index (χ2n) is 7.60. The molecule has 1 unspecified atom stereocenters. The highest BCUT2D eigenvalue weighted by molar-refractivity contribution is 5.88. The van der Waals surface area contributed by atoms with Crippen LogP contribution in [0.2, 0.25) is 0 Å². The van der Waals surface area contributed by atoms with E-state index in [1.54, 1.807) is 0 Å². The predicted octanol–water partition coefficient (Wildman–Crippen LogP) is 1.74. The zero-order valence-corrected chi connectivity index (χ0v) is 15.4.